The van der Waals surface area contributed by atoms with Gasteiger partial charge < -0.3 is 10.0 Å². The second-order valence-corrected chi connectivity index (χ2v) is 9.06. The first-order valence-corrected chi connectivity index (χ1v) is 10.2. The van der Waals surface area contributed by atoms with Crippen LogP contribution in [0.2, 0.25) is 0 Å². The Morgan fingerprint density at radius 1 is 1.07 bits per heavy atom. The average molecular weight is 439 g/mol. The molecule has 0 saturated carbocycles. The van der Waals surface area contributed by atoms with Crippen LogP contribution in [0.15, 0.2) is 59.5 Å². The molecule has 1 amide bonds. The lowest BCUT2D eigenvalue weighted by molar-refractivity contribution is -0.130. The van der Waals surface area contributed by atoms with Crippen molar-refractivity contribution in [1.29, 1.82) is 0 Å². The minimum Gasteiger partial charge on any atom is -0.477 e. The van der Waals surface area contributed by atoms with Crippen molar-refractivity contribution in [2.75, 3.05) is 13.1 Å². The van der Waals surface area contributed by atoms with Gasteiger partial charge in [-0.3, -0.25) is 4.79 Å². The van der Waals surface area contributed by atoms with E-state index in [9.17, 15) is 31.2 Å². The number of carboxylic acids is 1. The number of hydrogen-bond donors (Lipinski definition) is 1. The first-order chi connectivity index (χ1) is 14.1. The molecule has 0 radical (unpaired) electrons. The second-order valence-electron chi connectivity index (χ2n) is 6.80. The number of carbonyl (C=O) groups is 2. The molecule has 0 aromatic heterocycles. The summed E-state index contributed by atoms with van der Waals surface area (Å²) >= 11 is 0. The molecule has 1 atom stereocenters. The summed E-state index contributed by atoms with van der Waals surface area (Å²) in [5.41, 5.74) is -1.26. The maximum absolute atomic E-state index is 13.5. The fourth-order valence-electron chi connectivity index (χ4n) is 3.60. The molecule has 1 heterocycles. The number of nitrogens with zero attached hydrogens (tertiary/aromatic N) is 1. The van der Waals surface area contributed by atoms with Crippen molar-refractivity contribution >= 4 is 27.8 Å². The molecule has 1 fully saturated rings. The van der Waals surface area contributed by atoms with E-state index in [2.05, 4.69) is 0 Å². The fourth-order valence-corrected chi connectivity index (χ4v) is 5.69. The predicted octanol–water partition coefficient (Wildman–Crippen LogP) is 3.05. The number of benzene rings is 2. The third-order valence-corrected chi connectivity index (χ3v) is 7.64. The van der Waals surface area contributed by atoms with Crippen molar-refractivity contribution in [2.45, 2.75) is 16.1 Å². The first kappa shape index (κ1) is 21.6. The molecular formula is C20H16F3NO5S. The number of hydrogen-bond acceptors (Lipinski definition) is 4. The van der Waals surface area contributed by atoms with E-state index in [1.165, 1.54) is 17.0 Å². The lowest BCUT2D eigenvalue weighted by atomic mass is 9.94. The number of aliphatic carboxylic acids is 1. The molecule has 6 nitrogen and oxygen atoms in total. The van der Waals surface area contributed by atoms with Gasteiger partial charge in [0.2, 0.25) is 6.41 Å². The molecule has 3 rings (SSSR count). The van der Waals surface area contributed by atoms with Gasteiger partial charge in [0.15, 0.2) is 9.84 Å². The van der Waals surface area contributed by atoms with E-state index in [0.717, 1.165) is 36.4 Å². The lowest BCUT2D eigenvalue weighted by Crippen LogP contribution is -2.39. The number of carbonyl (C=O) groups excluding carboxylic acids is 1. The Kier molecular flexibility index (Phi) is 5.71. The number of sulfone groups is 1. The van der Waals surface area contributed by atoms with E-state index >= 15 is 0 Å². The Labute approximate surface area is 170 Å². The van der Waals surface area contributed by atoms with Gasteiger partial charge in [0.1, 0.15) is 16.1 Å². The standard InChI is InChI=1S/C20H16F3NO5S/c21-15-5-7-16(8-6-15)30(28,29)20(9-10-24(11-20)12-25)14-3-1-13(2-4-14)17(18(22)23)19(26)27/h1-8,12H,9-11H2,(H,26,27). The Hall–Kier alpha value is -3.14. The zero-order chi connectivity index (χ0) is 22.1. The minimum atomic E-state index is -4.12. The number of carboxylic acid groups (broad SMARTS) is 1. The van der Waals surface area contributed by atoms with Gasteiger partial charge >= 0.3 is 5.97 Å². The summed E-state index contributed by atoms with van der Waals surface area (Å²) in [7, 11) is -4.12. The highest BCUT2D eigenvalue weighted by molar-refractivity contribution is 7.92. The van der Waals surface area contributed by atoms with Crippen LogP contribution in [-0.2, 0) is 24.2 Å². The largest absolute Gasteiger partial charge is 0.477 e. The van der Waals surface area contributed by atoms with Gasteiger partial charge in [0.25, 0.3) is 6.08 Å². The Morgan fingerprint density at radius 2 is 1.67 bits per heavy atom. The number of halogens is 3. The van der Waals surface area contributed by atoms with Crippen molar-refractivity contribution in [3.05, 3.63) is 71.6 Å². The van der Waals surface area contributed by atoms with Crippen LogP contribution < -0.4 is 0 Å². The molecule has 2 aromatic rings. The van der Waals surface area contributed by atoms with Gasteiger partial charge in [-0.25, -0.2) is 17.6 Å². The van der Waals surface area contributed by atoms with Gasteiger partial charge in [0.05, 0.1) is 4.90 Å². The summed E-state index contributed by atoms with van der Waals surface area (Å²) in [6.07, 6.45) is -1.83. The van der Waals surface area contributed by atoms with Crippen molar-refractivity contribution in [2.24, 2.45) is 0 Å². The minimum absolute atomic E-state index is 0.0316. The lowest BCUT2D eigenvalue weighted by Gasteiger charge is -2.29. The second kappa shape index (κ2) is 7.94. The Balaban J connectivity index is 2.14. The molecule has 1 saturated heterocycles. The highest BCUT2D eigenvalue weighted by Gasteiger charge is 2.51. The van der Waals surface area contributed by atoms with Crippen LogP contribution in [-0.4, -0.2) is 43.9 Å². The summed E-state index contributed by atoms with van der Waals surface area (Å²) < 4.78 is 64.6. The molecule has 2 aromatic carbocycles. The van der Waals surface area contributed by atoms with Crippen LogP contribution in [0.25, 0.3) is 5.57 Å². The monoisotopic (exact) mass is 439 g/mol. The molecule has 1 aliphatic heterocycles. The molecule has 0 aliphatic carbocycles. The summed E-state index contributed by atoms with van der Waals surface area (Å²) in [6.45, 7) is -0.0419. The molecule has 1 N–H and O–H groups in total. The fraction of sp³-hybridized carbons (Fsp3) is 0.200. The summed E-state index contributed by atoms with van der Waals surface area (Å²) in [5, 5.41) is 8.99. The van der Waals surface area contributed by atoms with E-state index in [0.29, 0.717) is 6.41 Å². The van der Waals surface area contributed by atoms with Gasteiger partial charge in [-0.1, -0.05) is 24.3 Å². The number of rotatable bonds is 6. The molecule has 0 bridgehead atoms. The zero-order valence-corrected chi connectivity index (χ0v) is 16.2. The van der Waals surface area contributed by atoms with Crippen LogP contribution >= 0.6 is 0 Å². The molecule has 30 heavy (non-hydrogen) atoms. The van der Waals surface area contributed by atoms with Gasteiger partial charge in [-0.15, -0.1) is 0 Å². The van der Waals surface area contributed by atoms with Crippen molar-refractivity contribution in [3.8, 4) is 0 Å². The van der Waals surface area contributed by atoms with Gasteiger partial charge in [-0.05, 0) is 41.8 Å². The van der Waals surface area contributed by atoms with Crippen LogP contribution in [0.3, 0.4) is 0 Å². The van der Waals surface area contributed by atoms with Crippen molar-refractivity contribution in [1.82, 2.24) is 4.90 Å². The molecular weight excluding hydrogens is 423 g/mol. The van der Waals surface area contributed by atoms with Gasteiger partial charge in [0, 0.05) is 13.1 Å². The third kappa shape index (κ3) is 3.58. The molecule has 10 heteroatoms. The molecule has 1 unspecified atom stereocenters. The van der Waals surface area contributed by atoms with E-state index in [1.807, 2.05) is 0 Å². The van der Waals surface area contributed by atoms with Gasteiger partial charge in [-0.2, -0.15) is 8.78 Å². The zero-order valence-electron chi connectivity index (χ0n) is 15.4. The molecule has 158 valence electrons. The van der Waals surface area contributed by atoms with E-state index < -0.39 is 38.0 Å². The number of likely N-dealkylation sites (tertiary alicyclic amines) is 1. The maximum atomic E-state index is 13.5. The topological polar surface area (TPSA) is 91.8 Å². The van der Waals surface area contributed by atoms with Crippen LogP contribution in [0.4, 0.5) is 13.2 Å². The first-order valence-electron chi connectivity index (χ1n) is 8.71. The van der Waals surface area contributed by atoms with Crippen LogP contribution in [0, 0.1) is 5.82 Å². The highest BCUT2D eigenvalue weighted by atomic mass is 32.2. The average Bonchev–Trinajstić information content (AvgIpc) is 3.15. The Morgan fingerprint density at radius 3 is 2.13 bits per heavy atom. The smallest absolute Gasteiger partial charge is 0.341 e. The maximum Gasteiger partial charge on any atom is 0.341 e. The summed E-state index contributed by atoms with van der Waals surface area (Å²) in [5.74, 6) is -2.43. The molecule has 1 aliphatic rings. The normalized spacial score (nSPS) is 18.8. The van der Waals surface area contributed by atoms with E-state index in [-0.39, 0.29) is 35.5 Å². The summed E-state index contributed by atoms with van der Waals surface area (Å²) in [6, 6.07) is 8.97. The van der Waals surface area contributed by atoms with Crippen LogP contribution in [0.5, 0.6) is 0 Å². The van der Waals surface area contributed by atoms with Crippen LogP contribution in [0.1, 0.15) is 17.5 Å². The Bertz CT molecular complexity index is 1110. The number of amides is 1. The quantitative estimate of drug-likeness (QED) is 0.424. The SMILES string of the molecule is O=CN1CCC(c2ccc(C(C(=O)O)=C(F)F)cc2)(S(=O)(=O)c2ccc(F)cc2)C1. The highest BCUT2D eigenvalue weighted by Crippen LogP contribution is 2.43. The van der Waals surface area contributed by atoms with Crippen molar-refractivity contribution in [3.63, 3.8) is 0 Å². The van der Waals surface area contributed by atoms with E-state index in [1.54, 1.807) is 0 Å². The summed E-state index contributed by atoms with van der Waals surface area (Å²) in [4.78, 5) is 23.5. The molecule has 0 spiro atoms. The van der Waals surface area contributed by atoms with E-state index in [4.69, 9.17) is 5.11 Å². The predicted molar refractivity (Wildman–Crippen MR) is 101 cm³/mol. The van der Waals surface area contributed by atoms with Crippen molar-refractivity contribution < 1.29 is 36.3 Å². The third-order valence-electron chi connectivity index (χ3n) is 5.15.